The average molecular weight is 399 g/mol. The van der Waals surface area contributed by atoms with E-state index in [1.807, 2.05) is 25.2 Å². The number of fused-ring (bicyclic) bond motifs is 1. The monoisotopic (exact) mass is 398 g/mol. The fourth-order valence-corrected chi connectivity index (χ4v) is 5.47. The number of likely N-dealkylation sites (N-methyl/N-ethyl adjacent to an activating group) is 1. The number of pyridine rings is 1. The fourth-order valence-electron chi connectivity index (χ4n) is 3.48. The van der Waals surface area contributed by atoms with Gasteiger partial charge in [-0.25, -0.2) is 4.98 Å². The minimum Gasteiger partial charge on any atom is -0.347 e. The maximum atomic E-state index is 13.2. The van der Waals surface area contributed by atoms with Crippen LogP contribution in [0.3, 0.4) is 0 Å². The number of nitrogens with zero attached hydrogens (tertiary/aromatic N) is 4. The van der Waals surface area contributed by atoms with E-state index in [9.17, 15) is 4.79 Å². The fraction of sp³-hybridized carbons (Fsp3) is 0.350. The van der Waals surface area contributed by atoms with Gasteiger partial charge in [0, 0.05) is 36.7 Å². The van der Waals surface area contributed by atoms with Crippen LogP contribution < -0.4 is 4.90 Å². The van der Waals surface area contributed by atoms with Gasteiger partial charge in [-0.3, -0.25) is 9.78 Å². The molecule has 1 atom stereocenters. The van der Waals surface area contributed by atoms with E-state index in [4.69, 9.17) is 4.98 Å². The highest BCUT2D eigenvalue weighted by molar-refractivity contribution is 7.19. The van der Waals surface area contributed by atoms with E-state index in [1.54, 1.807) is 33.8 Å². The van der Waals surface area contributed by atoms with Crippen LogP contribution in [0.15, 0.2) is 41.2 Å². The van der Waals surface area contributed by atoms with Crippen molar-refractivity contribution in [2.24, 2.45) is 0 Å². The molecule has 27 heavy (non-hydrogen) atoms. The van der Waals surface area contributed by atoms with Crippen molar-refractivity contribution in [3.05, 3.63) is 52.6 Å². The summed E-state index contributed by atoms with van der Waals surface area (Å²) in [4.78, 5) is 26.4. The zero-order valence-corrected chi connectivity index (χ0v) is 17.3. The molecule has 0 aromatic carbocycles. The Hall–Kier alpha value is -2.25. The van der Waals surface area contributed by atoms with Gasteiger partial charge in [0.05, 0.1) is 17.9 Å². The van der Waals surface area contributed by atoms with Gasteiger partial charge >= 0.3 is 0 Å². The Kier molecular flexibility index (Phi) is 4.97. The average Bonchev–Trinajstić information content (AvgIpc) is 3.36. The van der Waals surface area contributed by atoms with Gasteiger partial charge in [-0.1, -0.05) is 17.4 Å². The molecule has 7 heteroatoms. The van der Waals surface area contributed by atoms with Crippen LogP contribution in [0.5, 0.6) is 0 Å². The number of thiazole rings is 1. The summed E-state index contributed by atoms with van der Waals surface area (Å²) in [5.41, 5.74) is 3.10. The van der Waals surface area contributed by atoms with E-state index >= 15 is 0 Å². The summed E-state index contributed by atoms with van der Waals surface area (Å²) >= 11 is 3.37. The predicted molar refractivity (Wildman–Crippen MR) is 111 cm³/mol. The van der Waals surface area contributed by atoms with Gasteiger partial charge in [0.15, 0.2) is 0 Å². The number of carbonyl (C=O) groups excluding carboxylic acids is 1. The lowest BCUT2D eigenvalue weighted by molar-refractivity contribution is -0.131. The highest BCUT2D eigenvalue weighted by Crippen LogP contribution is 2.42. The standard InChI is InChI=1S/C20H22N4OS2/c1-13(2)24-17(19(25)23(3)11-15-6-4-5-8-21-15)10-16-20(24)27-18(22-16)14-7-9-26-12-14/h4-9,12-13,17H,10-11H2,1-3H3/t17-/m0/s1. The number of amides is 1. The van der Waals surface area contributed by atoms with Crippen LogP contribution >= 0.6 is 22.7 Å². The van der Waals surface area contributed by atoms with E-state index in [2.05, 4.69) is 40.6 Å². The third-order valence-corrected chi connectivity index (χ3v) is 6.59. The van der Waals surface area contributed by atoms with E-state index in [0.717, 1.165) is 21.4 Å². The molecule has 5 nitrogen and oxygen atoms in total. The molecule has 0 unspecified atom stereocenters. The lowest BCUT2D eigenvalue weighted by atomic mass is 10.1. The number of hydrogen-bond acceptors (Lipinski definition) is 6. The van der Waals surface area contributed by atoms with E-state index in [0.29, 0.717) is 13.0 Å². The number of aromatic nitrogens is 2. The Morgan fingerprint density at radius 2 is 2.22 bits per heavy atom. The third-order valence-electron chi connectivity index (χ3n) is 4.74. The minimum absolute atomic E-state index is 0.122. The normalized spacial score (nSPS) is 16.0. The molecule has 0 N–H and O–H groups in total. The van der Waals surface area contributed by atoms with E-state index in [1.165, 1.54) is 5.56 Å². The molecule has 3 aromatic heterocycles. The summed E-state index contributed by atoms with van der Waals surface area (Å²) in [5, 5.41) is 6.37. The molecular weight excluding hydrogens is 376 g/mol. The van der Waals surface area contributed by atoms with Gasteiger partial charge < -0.3 is 9.80 Å². The molecule has 0 aliphatic carbocycles. The first-order chi connectivity index (χ1) is 13.0. The molecule has 0 saturated carbocycles. The van der Waals surface area contributed by atoms with Crippen molar-refractivity contribution in [1.29, 1.82) is 0 Å². The number of hydrogen-bond donors (Lipinski definition) is 0. The molecule has 1 aliphatic heterocycles. The summed E-state index contributed by atoms with van der Waals surface area (Å²) in [5.74, 6) is 0.122. The van der Waals surface area contributed by atoms with Gasteiger partial charge in [0.1, 0.15) is 16.1 Å². The van der Waals surface area contributed by atoms with Gasteiger partial charge in [-0.2, -0.15) is 11.3 Å². The smallest absolute Gasteiger partial charge is 0.245 e. The third kappa shape index (κ3) is 3.49. The van der Waals surface area contributed by atoms with Crippen LogP contribution in [0, 0.1) is 0 Å². The Labute approximate surface area is 167 Å². The zero-order valence-electron chi connectivity index (χ0n) is 15.6. The summed E-state index contributed by atoms with van der Waals surface area (Å²) in [6.45, 7) is 4.79. The van der Waals surface area contributed by atoms with Crippen LogP contribution in [0.2, 0.25) is 0 Å². The number of anilines is 1. The SMILES string of the molecule is CC(C)N1c2sc(-c3ccsc3)nc2C[C@H]1C(=O)N(C)Cc1ccccn1. The molecule has 140 valence electrons. The van der Waals surface area contributed by atoms with Crippen molar-refractivity contribution in [2.75, 3.05) is 11.9 Å². The van der Waals surface area contributed by atoms with Gasteiger partial charge in [-0.15, -0.1) is 0 Å². The number of thiophene rings is 1. The molecule has 4 heterocycles. The van der Waals surface area contributed by atoms with Crippen molar-refractivity contribution < 1.29 is 4.79 Å². The maximum absolute atomic E-state index is 13.2. The highest BCUT2D eigenvalue weighted by Gasteiger charge is 2.40. The van der Waals surface area contributed by atoms with Crippen LogP contribution in [-0.4, -0.2) is 39.9 Å². The van der Waals surface area contributed by atoms with E-state index in [-0.39, 0.29) is 18.0 Å². The van der Waals surface area contributed by atoms with Crippen LogP contribution in [0.4, 0.5) is 5.00 Å². The molecule has 3 aromatic rings. The minimum atomic E-state index is -0.191. The van der Waals surface area contributed by atoms with Gasteiger partial charge in [0.25, 0.3) is 0 Å². The molecule has 4 rings (SSSR count). The number of carbonyl (C=O) groups is 1. The van der Waals surface area contributed by atoms with Crippen LogP contribution in [0.1, 0.15) is 25.2 Å². The summed E-state index contributed by atoms with van der Waals surface area (Å²) < 4.78 is 0. The first-order valence-corrected chi connectivity index (χ1v) is 10.8. The van der Waals surface area contributed by atoms with Gasteiger partial charge in [0.2, 0.25) is 5.91 Å². The summed E-state index contributed by atoms with van der Waals surface area (Å²) in [6.07, 6.45) is 2.43. The van der Waals surface area contributed by atoms with Crippen molar-refractivity contribution in [3.8, 4) is 10.6 Å². The van der Waals surface area contributed by atoms with Crippen molar-refractivity contribution >= 4 is 33.6 Å². The highest BCUT2D eigenvalue weighted by atomic mass is 32.1. The van der Waals surface area contributed by atoms with Crippen molar-refractivity contribution in [2.45, 2.75) is 38.9 Å². The summed E-state index contributed by atoms with van der Waals surface area (Å²) in [7, 11) is 1.85. The second kappa shape index (κ2) is 7.40. The molecule has 0 spiro atoms. The Morgan fingerprint density at radius 1 is 1.37 bits per heavy atom. The molecule has 0 fully saturated rings. The zero-order chi connectivity index (χ0) is 19.0. The first-order valence-electron chi connectivity index (χ1n) is 9.00. The summed E-state index contributed by atoms with van der Waals surface area (Å²) in [6, 6.07) is 7.93. The molecular formula is C20H22N4OS2. The Morgan fingerprint density at radius 3 is 2.89 bits per heavy atom. The first kappa shape index (κ1) is 18.1. The Balaban J connectivity index is 1.55. The topological polar surface area (TPSA) is 49.3 Å². The quantitative estimate of drug-likeness (QED) is 0.650. The number of rotatable bonds is 5. The lowest BCUT2D eigenvalue weighted by Crippen LogP contribution is -2.48. The van der Waals surface area contributed by atoms with Gasteiger partial charge in [-0.05, 0) is 37.4 Å². The molecule has 1 aliphatic rings. The second-order valence-electron chi connectivity index (χ2n) is 7.02. The van der Waals surface area contributed by atoms with Crippen molar-refractivity contribution in [1.82, 2.24) is 14.9 Å². The van der Waals surface area contributed by atoms with E-state index < -0.39 is 0 Å². The van der Waals surface area contributed by atoms with Crippen LogP contribution in [0.25, 0.3) is 10.6 Å². The largest absolute Gasteiger partial charge is 0.347 e. The lowest BCUT2D eigenvalue weighted by Gasteiger charge is -2.32. The van der Waals surface area contributed by atoms with Crippen molar-refractivity contribution in [3.63, 3.8) is 0 Å². The molecule has 0 bridgehead atoms. The molecule has 0 radical (unpaired) electrons. The van der Waals surface area contributed by atoms with Crippen LogP contribution in [-0.2, 0) is 17.8 Å². The predicted octanol–water partition coefficient (Wildman–Crippen LogP) is 4.06. The molecule has 1 amide bonds. The Bertz CT molecular complexity index is 921. The maximum Gasteiger partial charge on any atom is 0.245 e. The molecule has 0 saturated heterocycles. The second-order valence-corrected chi connectivity index (χ2v) is 8.78.